The lowest BCUT2D eigenvalue weighted by Crippen LogP contribution is -2.51. The van der Waals surface area contributed by atoms with Crippen LogP contribution in [0.3, 0.4) is 0 Å². The summed E-state index contributed by atoms with van der Waals surface area (Å²) in [5, 5.41) is 2.57. The standard InChI is InChI=1S/C27H33FN4O2/c1-29-25(33)24-12-11-21(16-30-24)20-9-7-19(8-10-20)17-31-18-22(28)15-27(31)13-14-32(26(27)34)23-5-3-2-4-6-23/h7-12,16,22-23H,2-6,13-15,17-18H2,1H3,(H,29,33)/t22-,27?/m0/s1. The number of alkyl halides is 1. The van der Waals surface area contributed by atoms with Gasteiger partial charge >= 0.3 is 0 Å². The molecule has 1 aromatic carbocycles. The molecule has 2 atom stereocenters. The molecule has 1 aliphatic carbocycles. The van der Waals surface area contributed by atoms with Gasteiger partial charge in [-0.1, -0.05) is 49.6 Å². The number of hydrogen-bond acceptors (Lipinski definition) is 4. The van der Waals surface area contributed by atoms with E-state index >= 15 is 0 Å². The zero-order valence-electron chi connectivity index (χ0n) is 19.8. The SMILES string of the molecule is CNC(=O)c1ccc(-c2ccc(CN3C[C@@H](F)CC34CCN(C3CCCCC3)C4=O)cc2)cn1. The highest BCUT2D eigenvalue weighted by atomic mass is 19.1. The fourth-order valence-corrected chi connectivity index (χ4v) is 6.04. The van der Waals surface area contributed by atoms with E-state index in [0.29, 0.717) is 31.2 Å². The van der Waals surface area contributed by atoms with Gasteiger partial charge in [0, 0.05) is 50.9 Å². The number of nitrogens with one attached hydrogen (secondary N) is 1. The first-order valence-electron chi connectivity index (χ1n) is 12.5. The van der Waals surface area contributed by atoms with Gasteiger partial charge < -0.3 is 10.2 Å². The molecule has 1 aromatic heterocycles. The summed E-state index contributed by atoms with van der Waals surface area (Å²) in [4.78, 5) is 33.7. The van der Waals surface area contributed by atoms with Crippen LogP contribution in [0.1, 0.15) is 61.0 Å². The van der Waals surface area contributed by atoms with Crippen molar-refractivity contribution in [3.63, 3.8) is 0 Å². The van der Waals surface area contributed by atoms with E-state index in [1.54, 1.807) is 19.3 Å². The van der Waals surface area contributed by atoms with Crippen LogP contribution in [0.2, 0.25) is 0 Å². The topological polar surface area (TPSA) is 65.5 Å². The van der Waals surface area contributed by atoms with Gasteiger partial charge in [-0.15, -0.1) is 0 Å². The van der Waals surface area contributed by atoms with Gasteiger partial charge in [0.25, 0.3) is 5.91 Å². The van der Waals surface area contributed by atoms with Crippen molar-refractivity contribution in [1.29, 1.82) is 0 Å². The molecular formula is C27H33FN4O2. The summed E-state index contributed by atoms with van der Waals surface area (Å²) in [7, 11) is 1.58. The van der Waals surface area contributed by atoms with E-state index < -0.39 is 11.7 Å². The molecule has 6 nitrogen and oxygen atoms in total. The molecule has 0 bridgehead atoms. The number of likely N-dealkylation sites (tertiary alicyclic amines) is 2. The van der Waals surface area contributed by atoms with Crippen molar-refractivity contribution in [2.45, 2.75) is 69.2 Å². The second-order valence-electron chi connectivity index (χ2n) is 9.96. The first-order valence-corrected chi connectivity index (χ1v) is 12.5. The zero-order valence-corrected chi connectivity index (χ0v) is 19.8. The summed E-state index contributed by atoms with van der Waals surface area (Å²) in [5.74, 6) is -0.0606. The molecule has 1 saturated carbocycles. The molecule has 1 unspecified atom stereocenters. The van der Waals surface area contributed by atoms with Crippen molar-refractivity contribution in [2.75, 3.05) is 20.1 Å². The summed E-state index contributed by atoms with van der Waals surface area (Å²) in [6.07, 6.45) is 7.58. The van der Waals surface area contributed by atoms with Crippen LogP contribution in [0, 0.1) is 0 Å². The van der Waals surface area contributed by atoms with Crippen LogP contribution < -0.4 is 5.32 Å². The summed E-state index contributed by atoms with van der Waals surface area (Å²) in [6.45, 7) is 1.64. The van der Waals surface area contributed by atoms with Crippen LogP contribution in [0.15, 0.2) is 42.6 Å². The lowest BCUT2D eigenvalue weighted by molar-refractivity contribution is -0.139. The molecule has 2 aromatic rings. The molecule has 5 rings (SSSR count). The molecule has 3 fully saturated rings. The Hall–Kier alpha value is -2.80. The number of amides is 2. The van der Waals surface area contributed by atoms with Gasteiger partial charge in [-0.05, 0) is 36.5 Å². The predicted molar refractivity (Wildman–Crippen MR) is 129 cm³/mol. The molecule has 0 radical (unpaired) electrons. The Morgan fingerprint density at radius 2 is 1.85 bits per heavy atom. The highest BCUT2D eigenvalue weighted by Gasteiger charge is 2.57. The van der Waals surface area contributed by atoms with E-state index in [4.69, 9.17) is 0 Å². The average molecular weight is 465 g/mol. The van der Waals surface area contributed by atoms with Gasteiger partial charge in [0.15, 0.2) is 0 Å². The third-order valence-corrected chi connectivity index (χ3v) is 7.91. The Bertz CT molecular complexity index is 1040. The highest BCUT2D eigenvalue weighted by Crippen LogP contribution is 2.42. The number of pyridine rings is 1. The van der Waals surface area contributed by atoms with Gasteiger partial charge in [0.05, 0.1) is 0 Å². The fraction of sp³-hybridized carbons (Fsp3) is 0.519. The third kappa shape index (κ3) is 4.22. The number of benzene rings is 1. The molecule has 1 N–H and O–H groups in total. The minimum absolute atomic E-state index is 0.151. The first kappa shape index (κ1) is 23.0. The number of carbonyl (C=O) groups excluding carboxylic acids is 2. The molecule has 34 heavy (non-hydrogen) atoms. The van der Waals surface area contributed by atoms with Crippen LogP contribution in [-0.4, -0.2) is 64.5 Å². The Kier molecular flexibility index (Phi) is 6.38. The van der Waals surface area contributed by atoms with Crippen molar-refractivity contribution in [1.82, 2.24) is 20.1 Å². The molecule has 3 heterocycles. The van der Waals surface area contributed by atoms with Crippen LogP contribution in [0.5, 0.6) is 0 Å². The van der Waals surface area contributed by atoms with Gasteiger partial charge in [-0.3, -0.25) is 19.5 Å². The van der Waals surface area contributed by atoms with E-state index in [1.807, 2.05) is 30.3 Å². The van der Waals surface area contributed by atoms with E-state index in [-0.39, 0.29) is 11.8 Å². The Morgan fingerprint density at radius 3 is 2.53 bits per heavy atom. The van der Waals surface area contributed by atoms with E-state index in [2.05, 4.69) is 20.1 Å². The molecule has 3 aliphatic rings. The smallest absolute Gasteiger partial charge is 0.269 e. The van der Waals surface area contributed by atoms with E-state index in [0.717, 1.165) is 42.5 Å². The number of hydrogen-bond donors (Lipinski definition) is 1. The maximum Gasteiger partial charge on any atom is 0.269 e. The first-order chi connectivity index (χ1) is 16.5. The lowest BCUT2D eigenvalue weighted by atomic mass is 9.92. The van der Waals surface area contributed by atoms with Crippen LogP contribution in [0.4, 0.5) is 4.39 Å². The molecule has 7 heteroatoms. The summed E-state index contributed by atoms with van der Waals surface area (Å²) in [6, 6.07) is 12.1. The molecule has 2 aliphatic heterocycles. The molecule has 180 valence electrons. The maximum atomic E-state index is 14.7. The number of rotatable bonds is 5. The van der Waals surface area contributed by atoms with Gasteiger partial charge in [-0.25, -0.2) is 4.39 Å². The maximum absolute atomic E-state index is 14.7. The number of carbonyl (C=O) groups is 2. The summed E-state index contributed by atoms with van der Waals surface area (Å²) >= 11 is 0. The number of nitrogens with zero attached hydrogens (tertiary/aromatic N) is 3. The average Bonchev–Trinajstić information content (AvgIpc) is 3.37. The molecule has 2 amide bonds. The molecule has 1 spiro atoms. The summed E-state index contributed by atoms with van der Waals surface area (Å²) < 4.78 is 14.7. The minimum Gasteiger partial charge on any atom is -0.354 e. The van der Waals surface area contributed by atoms with Crippen LogP contribution >= 0.6 is 0 Å². The quantitative estimate of drug-likeness (QED) is 0.728. The largest absolute Gasteiger partial charge is 0.354 e. The molecular weight excluding hydrogens is 431 g/mol. The Labute approximate surface area is 200 Å². The zero-order chi connectivity index (χ0) is 23.7. The van der Waals surface area contributed by atoms with E-state index in [1.165, 1.54) is 19.3 Å². The molecule has 2 saturated heterocycles. The van der Waals surface area contributed by atoms with Crippen LogP contribution in [-0.2, 0) is 11.3 Å². The van der Waals surface area contributed by atoms with Crippen molar-refractivity contribution in [3.8, 4) is 11.1 Å². The third-order valence-electron chi connectivity index (χ3n) is 7.91. The Balaban J connectivity index is 1.29. The number of aromatic nitrogens is 1. The van der Waals surface area contributed by atoms with E-state index in [9.17, 15) is 14.0 Å². The second-order valence-corrected chi connectivity index (χ2v) is 9.96. The fourth-order valence-electron chi connectivity index (χ4n) is 6.04. The van der Waals surface area contributed by atoms with Gasteiger partial charge in [0.1, 0.15) is 17.4 Å². The van der Waals surface area contributed by atoms with Crippen LogP contribution in [0.25, 0.3) is 11.1 Å². The monoisotopic (exact) mass is 464 g/mol. The number of halogens is 1. The van der Waals surface area contributed by atoms with Crippen molar-refractivity contribution < 1.29 is 14.0 Å². The second kappa shape index (κ2) is 9.45. The van der Waals surface area contributed by atoms with Gasteiger partial charge in [0.2, 0.25) is 5.91 Å². The predicted octanol–water partition coefficient (Wildman–Crippen LogP) is 3.96. The lowest BCUT2D eigenvalue weighted by Gasteiger charge is -2.36. The van der Waals surface area contributed by atoms with Crippen molar-refractivity contribution in [3.05, 3.63) is 53.9 Å². The summed E-state index contributed by atoms with van der Waals surface area (Å²) in [5.41, 5.74) is 2.69. The van der Waals surface area contributed by atoms with Gasteiger partial charge in [-0.2, -0.15) is 0 Å². The van der Waals surface area contributed by atoms with Crippen molar-refractivity contribution >= 4 is 11.8 Å². The van der Waals surface area contributed by atoms with Crippen molar-refractivity contribution in [2.24, 2.45) is 0 Å². The highest BCUT2D eigenvalue weighted by molar-refractivity contribution is 5.92. The minimum atomic E-state index is -0.959. The Morgan fingerprint density at radius 1 is 1.12 bits per heavy atom. The normalized spacial score (nSPS) is 25.9.